The minimum Gasteiger partial charge on any atom is -0.497 e. The Morgan fingerprint density at radius 1 is 0.871 bits per heavy atom. The van der Waals surface area contributed by atoms with Crippen LogP contribution in [0.2, 0.25) is 0 Å². The van der Waals surface area contributed by atoms with Crippen LogP contribution in [-0.2, 0) is 4.79 Å². The highest BCUT2D eigenvalue weighted by Gasteiger charge is 2.09. The number of carbonyl (C=O) groups excluding carboxylic acids is 2. The van der Waals surface area contributed by atoms with Gasteiger partial charge in [0.15, 0.2) is 0 Å². The zero-order valence-electron chi connectivity index (χ0n) is 17.0. The fraction of sp³-hybridized carbons (Fsp3) is 0.130. The summed E-state index contributed by atoms with van der Waals surface area (Å²) in [4.78, 5) is 25.4. The van der Waals surface area contributed by atoms with Crippen LogP contribution in [0.1, 0.15) is 10.4 Å². The van der Waals surface area contributed by atoms with Crippen LogP contribution in [-0.4, -0.2) is 31.8 Å². The van der Waals surface area contributed by atoms with E-state index in [-0.39, 0.29) is 17.6 Å². The zero-order chi connectivity index (χ0) is 22.2. The number of hydrogen-bond donors (Lipinski definition) is 2. The van der Waals surface area contributed by atoms with Gasteiger partial charge in [0, 0.05) is 40.0 Å². The number of benzene rings is 3. The van der Waals surface area contributed by atoms with Crippen LogP contribution in [0, 0.1) is 5.82 Å². The number of anilines is 2. The van der Waals surface area contributed by atoms with E-state index in [1.807, 2.05) is 6.07 Å². The van der Waals surface area contributed by atoms with Crippen molar-refractivity contribution in [1.82, 2.24) is 0 Å². The number of ether oxygens (including phenoxy) is 2. The first-order valence-electron chi connectivity index (χ1n) is 9.29. The number of amides is 2. The van der Waals surface area contributed by atoms with Gasteiger partial charge in [-0.1, -0.05) is 6.07 Å². The van der Waals surface area contributed by atoms with E-state index in [0.717, 1.165) is 4.90 Å². The smallest absolute Gasteiger partial charge is 0.255 e. The fourth-order valence-electron chi connectivity index (χ4n) is 2.69. The molecule has 0 heterocycles. The Labute approximate surface area is 183 Å². The second kappa shape index (κ2) is 10.5. The maximum absolute atomic E-state index is 13.0. The van der Waals surface area contributed by atoms with Crippen LogP contribution in [0.3, 0.4) is 0 Å². The van der Waals surface area contributed by atoms with Crippen LogP contribution >= 0.6 is 11.8 Å². The minimum atomic E-state index is -0.402. The number of methoxy groups -OCH3 is 2. The molecule has 0 saturated carbocycles. The van der Waals surface area contributed by atoms with Gasteiger partial charge in [0.25, 0.3) is 5.91 Å². The maximum atomic E-state index is 13.0. The lowest BCUT2D eigenvalue weighted by atomic mass is 10.2. The van der Waals surface area contributed by atoms with E-state index < -0.39 is 5.82 Å². The fourth-order valence-corrected chi connectivity index (χ4v) is 3.45. The van der Waals surface area contributed by atoms with Crippen molar-refractivity contribution in [2.75, 3.05) is 30.6 Å². The predicted octanol–water partition coefficient (Wildman–Crippen LogP) is 4.83. The molecule has 0 spiro atoms. The van der Waals surface area contributed by atoms with Crippen LogP contribution in [0.25, 0.3) is 0 Å². The van der Waals surface area contributed by atoms with Crippen LogP contribution < -0.4 is 20.1 Å². The Hall–Kier alpha value is -3.52. The summed E-state index contributed by atoms with van der Waals surface area (Å²) in [5, 5.41) is 5.58. The Bertz CT molecular complexity index is 1050. The Kier molecular flexibility index (Phi) is 7.50. The summed E-state index contributed by atoms with van der Waals surface area (Å²) in [5.41, 5.74) is 1.51. The number of hydrogen-bond acceptors (Lipinski definition) is 5. The largest absolute Gasteiger partial charge is 0.497 e. The Balaban J connectivity index is 1.58. The minimum absolute atomic E-state index is 0.175. The van der Waals surface area contributed by atoms with E-state index in [4.69, 9.17) is 9.47 Å². The quantitative estimate of drug-likeness (QED) is 0.491. The average molecular weight is 440 g/mol. The van der Waals surface area contributed by atoms with Gasteiger partial charge < -0.3 is 20.1 Å². The second-order valence-corrected chi connectivity index (χ2v) is 7.48. The summed E-state index contributed by atoms with van der Waals surface area (Å²) in [6, 6.07) is 17.6. The SMILES string of the molecule is COc1cc(NC(=O)CSc2cccc(NC(=O)c3ccc(F)cc3)c2)cc(OC)c1. The number of nitrogens with one attached hydrogen (secondary N) is 2. The lowest BCUT2D eigenvalue weighted by Crippen LogP contribution is -2.14. The van der Waals surface area contributed by atoms with E-state index in [1.54, 1.807) is 36.4 Å². The molecule has 8 heteroatoms. The van der Waals surface area contributed by atoms with E-state index in [0.29, 0.717) is 28.4 Å². The average Bonchev–Trinajstić information content (AvgIpc) is 2.78. The van der Waals surface area contributed by atoms with Gasteiger partial charge in [0.2, 0.25) is 5.91 Å². The highest BCUT2D eigenvalue weighted by Crippen LogP contribution is 2.27. The number of halogens is 1. The lowest BCUT2D eigenvalue weighted by molar-refractivity contribution is -0.113. The molecule has 0 fully saturated rings. The molecule has 3 aromatic rings. The van der Waals surface area contributed by atoms with Gasteiger partial charge in [-0.05, 0) is 42.5 Å². The summed E-state index contributed by atoms with van der Waals surface area (Å²) in [6.45, 7) is 0. The molecule has 0 aliphatic heterocycles. The normalized spacial score (nSPS) is 10.3. The van der Waals surface area contributed by atoms with Gasteiger partial charge in [-0.3, -0.25) is 9.59 Å². The van der Waals surface area contributed by atoms with Crippen LogP contribution in [0.4, 0.5) is 15.8 Å². The molecular formula is C23H21FN2O4S. The third-order valence-electron chi connectivity index (χ3n) is 4.20. The van der Waals surface area contributed by atoms with Crippen molar-refractivity contribution in [2.24, 2.45) is 0 Å². The van der Waals surface area contributed by atoms with E-state index in [2.05, 4.69) is 10.6 Å². The number of thioether (sulfide) groups is 1. The Morgan fingerprint density at radius 3 is 2.19 bits per heavy atom. The molecule has 160 valence electrons. The van der Waals surface area contributed by atoms with E-state index >= 15 is 0 Å². The van der Waals surface area contributed by atoms with Gasteiger partial charge in [-0.2, -0.15) is 0 Å². The highest BCUT2D eigenvalue weighted by molar-refractivity contribution is 8.00. The summed E-state index contributed by atoms with van der Waals surface area (Å²) < 4.78 is 23.4. The third-order valence-corrected chi connectivity index (χ3v) is 5.20. The molecule has 0 aliphatic carbocycles. The van der Waals surface area contributed by atoms with Gasteiger partial charge in [-0.15, -0.1) is 11.8 Å². The first-order valence-corrected chi connectivity index (χ1v) is 10.3. The first-order chi connectivity index (χ1) is 15.0. The van der Waals surface area contributed by atoms with Crippen molar-refractivity contribution >= 4 is 35.0 Å². The second-order valence-electron chi connectivity index (χ2n) is 6.43. The van der Waals surface area contributed by atoms with Gasteiger partial charge in [0.05, 0.1) is 20.0 Å². The molecule has 0 radical (unpaired) electrons. The molecule has 6 nitrogen and oxygen atoms in total. The third kappa shape index (κ3) is 6.48. The molecule has 0 atom stereocenters. The summed E-state index contributed by atoms with van der Waals surface area (Å²) in [5.74, 6) is 0.391. The molecule has 0 aromatic heterocycles. The molecule has 2 amide bonds. The monoisotopic (exact) mass is 440 g/mol. The molecular weight excluding hydrogens is 419 g/mol. The molecule has 3 aromatic carbocycles. The number of rotatable bonds is 8. The zero-order valence-corrected chi connectivity index (χ0v) is 17.8. The maximum Gasteiger partial charge on any atom is 0.255 e. The van der Waals surface area contributed by atoms with Gasteiger partial charge in [-0.25, -0.2) is 4.39 Å². The lowest BCUT2D eigenvalue weighted by Gasteiger charge is -2.10. The summed E-state index contributed by atoms with van der Waals surface area (Å²) in [7, 11) is 3.08. The van der Waals surface area contributed by atoms with Gasteiger partial charge >= 0.3 is 0 Å². The number of carbonyl (C=O) groups is 2. The van der Waals surface area contributed by atoms with Gasteiger partial charge in [0.1, 0.15) is 17.3 Å². The molecule has 0 aliphatic rings. The van der Waals surface area contributed by atoms with Crippen molar-refractivity contribution in [3.05, 3.63) is 78.1 Å². The molecule has 3 rings (SSSR count). The summed E-state index contributed by atoms with van der Waals surface area (Å²) in [6.07, 6.45) is 0. The van der Waals surface area contributed by atoms with Crippen molar-refractivity contribution in [2.45, 2.75) is 4.90 Å². The molecule has 2 N–H and O–H groups in total. The van der Waals surface area contributed by atoms with E-state index in [1.165, 1.54) is 50.2 Å². The van der Waals surface area contributed by atoms with Crippen molar-refractivity contribution < 1.29 is 23.5 Å². The Morgan fingerprint density at radius 2 is 1.55 bits per heavy atom. The van der Waals surface area contributed by atoms with E-state index in [9.17, 15) is 14.0 Å². The standard InChI is InChI=1S/C23H21FN2O4S/c1-29-19-10-18(11-20(13-19)30-2)25-22(27)14-31-21-5-3-4-17(12-21)26-23(28)15-6-8-16(24)9-7-15/h3-13H,14H2,1-2H3,(H,25,27)(H,26,28). The van der Waals surface area contributed by atoms with Crippen molar-refractivity contribution in [1.29, 1.82) is 0 Å². The highest BCUT2D eigenvalue weighted by atomic mass is 32.2. The van der Waals surface area contributed by atoms with Crippen LogP contribution in [0.5, 0.6) is 11.5 Å². The molecule has 0 unspecified atom stereocenters. The molecule has 31 heavy (non-hydrogen) atoms. The summed E-state index contributed by atoms with van der Waals surface area (Å²) >= 11 is 1.33. The molecule has 0 bridgehead atoms. The molecule has 0 saturated heterocycles. The topological polar surface area (TPSA) is 76.7 Å². The first kappa shape index (κ1) is 22.2. The van der Waals surface area contributed by atoms with Crippen LogP contribution in [0.15, 0.2) is 71.6 Å². The van der Waals surface area contributed by atoms with Crippen molar-refractivity contribution in [3.63, 3.8) is 0 Å². The van der Waals surface area contributed by atoms with Crippen molar-refractivity contribution in [3.8, 4) is 11.5 Å². The predicted molar refractivity (Wildman–Crippen MR) is 120 cm³/mol.